The molecule has 3 aromatic carbocycles. The second-order valence-corrected chi connectivity index (χ2v) is 7.81. The second-order valence-electron chi connectivity index (χ2n) is 7.81. The van der Waals surface area contributed by atoms with E-state index in [1.54, 1.807) is 13.0 Å². The van der Waals surface area contributed by atoms with Crippen molar-refractivity contribution in [1.82, 2.24) is 4.57 Å². The van der Waals surface area contributed by atoms with Gasteiger partial charge in [-0.05, 0) is 49.8 Å². The van der Waals surface area contributed by atoms with E-state index in [1.165, 1.54) is 6.07 Å². The molecule has 0 spiro atoms. The van der Waals surface area contributed by atoms with Crippen molar-refractivity contribution in [2.45, 2.75) is 13.8 Å². The van der Waals surface area contributed by atoms with Crippen LogP contribution in [0.25, 0.3) is 39.7 Å². The molecule has 0 amide bonds. The first-order valence-corrected chi connectivity index (χ1v) is 10.5. The normalized spacial score (nSPS) is 11.6. The quantitative estimate of drug-likeness (QED) is 0.316. The fourth-order valence-electron chi connectivity index (χ4n) is 4.26. The van der Waals surface area contributed by atoms with E-state index in [1.807, 2.05) is 90.4 Å². The van der Waals surface area contributed by atoms with Gasteiger partial charge in [0.2, 0.25) is 0 Å². The molecule has 0 fully saturated rings. The highest BCUT2D eigenvalue weighted by Crippen LogP contribution is 2.32. The van der Waals surface area contributed by atoms with Crippen LogP contribution >= 0.6 is 0 Å². The Morgan fingerprint density at radius 1 is 0.875 bits per heavy atom. The van der Waals surface area contributed by atoms with Crippen molar-refractivity contribution in [2.75, 3.05) is 0 Å². The molecule has 32 heavy (non-hydrogen) atoms. The van der Waals surface area contributed by atoms with Crippen LogP contribution in [0.4, 0.5) is 0 Å². The van der Waals surface area contributed by atoms with Crippen molar-refractivity contribution in [2.24, 2.45) is 0 Å². The summed E-state index contributed by atoms with van der Waals surface area (Å²) in [5.74, 6) is 0.443. The lowest BCUT2D eigenvalue weighted by Crippen LogP contribution is -2.01. The van der Waals surface area contributed by atoms with Crippen LogP contribution in [0.2, 0.25) is 0 Å². The first kappa shape index (κ1) is 19.8. The molecule has 4 nitrogen and oxygen atoms in total. The number of fused-ring (bicyclic) bond motifs is 2. The maximum atomic E-state index is 13.0. The third-order valence-electron chi connectivity index (χ3n) is 5.68. The molecule has 5 aromatic rings. The molecule has 2 aromatic heterocycles. The minimum Gasteiger partial charge on any atom is -0.456 e. The van der Waals surface area contributed by atoms with Gasteiger partial charge in [0, 0.05) is 28.4 Å². The Kier molecular flexibility index (Phi) is 4.83. The minimum atomic E-state index is -0.122. The Morgan fingerprint density at radius 2 is 1.56 bits per heavy atom. The molecule has 4 heteroatoms. The molecule has 0 aliphatic rings. The maximum absolute atomic E-state index is 13.0. The molecule has 0 N–H and O–H groups in total. The van der Waals surface area contributed by atoms with Gasteiger partial charge in [0.15, 0.2) is 11.2 Å². The fourth-order valence-corrected chi connectivity index (χ4v) is 4.26. The Labute approximate surface area is 185 Å². The van der Waals surface area contributed by atoms with Crippen LogP contribution in [-0.4, -0.2) is 10.4 Å². The lowest BCUT2D eigenvalue weighted by Gasteiger charge is -2.08. The average molecular weight is 419 g/mol. The molecule has 0 unspecified atom stereocenters. The zero-order valence-electron chi connectivity index (χ0n) is 17.8. The van der Waals surface area contributed by atoms with Crippen LogP contribution in [0.3, 0.4) is 0 Å². The van der Waals surface area contributed by atoms with Crippen LogP contribution < -0.4 is 5.43 Å². The highest BCUT2D eigenvalue weighted by molar-refractivity contribution is 6.11. The topological polar surface area (TPSA) is 52.2 Å². The van der Waals surface area contributed by atoms with Gasteiger partial charge in [0.05, 0.1) is 10.9 Å². The van der Waals surface area contributed by atoms with Crippen LogP contribution in [-0.2, 0) is 0 Å². The van der Waals surface area contributed by atoms with Gasteiger partial charge in [-0.25, -0.2) is 0 Å². The number of hydrogen-bond donors (Lipinski definition) is 0. The summed E-state index contributed by atoms with van der Waals surface area (Å²) >= 11 is 0. The van der Waals surface area contributed by atoms with E-state index >= 15 is 0 Å². The van der Waals surface area contributed by atoms with Crippen molar-refractivity contribution in [3.63, 3.8) is 0 Å². The largest absolute Gasteiger partial charge is 0.456 e. The van der Waals surface area contributed by atoms with Crippen molar-refractivity contribution < 1.29 is 9.21 Å². The molecule has 156 valence electrons. The van der Waals surface area contributed by atoms with Crippen molar-refractivity contribution in [3.8, 4) is 5.69 Å². The highest BCUT2D eigenvalue weighted by Gasteiger charge is 2.20. The maximum Gasteiger partial charge on any atom is 0.193 e. The number of ketones is 1. The van der Waals surface area contributed by atoms with E-state index in [-0.39, 0.29) is 11.2 Å². The third-order valence-corrected chi connectivity index (χ3v) is 5.68. The molecule has 5 rings (SSSR count). The summed E-state index contributed by atoms with van der Waals surface area (Å²) in [6.07, 6.45) is 3.69. The standard InChI is InChI=1S/C28H21NO3/c1-18-28(19(2)30)23-17-27-24(16-25(23)29(18)21-11-7-4-8-12-21)26(31)15-22(32-27)14-13-20-9-5-3-6-10-20/h3-17H,1-2H3/b14-13+. The van der Waals surface area contributed by atoms with Gasteiger partial charge in [-0.1, -0.05) is 54.6 Å². The van der Waals surface area contributed by atoms with Crippen molar-refractivity contribution in [1.29, 1.82) is 0 Å². The van der Waals surface area contributed by atoms with E-state index in [0.29, 0.717) is 22.3 Å². The number of rotatable bonds is 4. The van der Waals surface area contributed by atoms with Gasteiger partial charge in [0.1, 0.15) is 11.3 Å². The number of benzene rings is 3. The van der Waals surface area contributed by atoms with Gasteiger partial charge in [-0.3, -0.25) is 9.59 Å². The number of hydrogen-bond acceptors (Lipinski definition) is 3. The lowest BCUT2D eigenvalue weighted by molar-refractivity contribution is 0.101. The summed E-state index contributed by atoms with van der Waals surface area (Å²) in [5, 5.41) is 1.26. The predicted octanol–water partition coefficient (Wildman–Crippen LogP) is 6.42. The average Bonchev–Trinajstić information content (AvgIpc) is 3.08. The summed E-state index contributed by atoms with van der Waals surface area (Å²) in [6.45, 7) is 3.49. The van der Waals surface area contributed by atoms with Gasteiger partial charge >= 0.3 is 0 Å². The van der Waals surface area contributed by atoms with Gasteiger partial charge in [-0.15, -0.1) is 0 Å². The van der Waals surface area contributed by atoms with Crippen molar-refractivity contribution in [3.05, 3.63) is 112 Å². The number of para-hydroxylation sites is 1. The van der Waals surface area contributed by atoms with Crippen LogP contribution in [0.15, 0.2) is 88.1 Å². The van der Waals surface area contributed by atoms with E-state index in [4.69, 9.17) is 4.42 Å². The molecule has 0 aliphatic heterocycles. The second kappa shape index (κ2) is 7.82. The summed E-state index contributed by atoms with van der Waals surface area (Å²) in [5.41, 5.74) is 4.58. The molecular weight excluding hydrogens is 398 g/mol. The SMILES string of the molecule is CC(=O)c1c(C)n(-c2ccccc2)c2cc3c(=O)cc(/C=C/c4ccccc4)oc3cc12. The Bertz CT molecular complexity index is 1560. The monoisotopic (exact) mass is 419 g/mol. The zero-order valence-corrected chi connectivity index (χ0v) is 17.8. The molecule has 0 radical (unpaired) electrons. The fraction of sp³-hybridized carbons (Fsp3) is 0.0714. The number of carbonyl (C=O) groups excluding carboxylic acids is 1. The molecule has 0 saturated carbocycles. The van der Waals surface area contributed by atoms with Crippen LogP contribution in [0.1, 0.15) is 34.3 Å². The number of nitrogens with zero attached hydrogens (tertiary/aromatic N) is 1. The predicted molar refractivity (Wildman–Crippen MR) is 129 cm³/mol. The summed E-state index contributed by atoms with van der Waals surface area (Å²) < 4.78 is 8.08. The Morgan fingerprint density at radius 3 is 2.25 bits per heavy atom. The first-order valence-electron chi connectivity index (χ1n) is 10.5. The van der Waals surface area contributed by atoms with Gasteiger partial charge < -0.3 is 8.98 Å². The molecule has 0 atom stereocenters. The molecule has 2 heterocycles. The first-order chi connectivity index (χ1) is 15.5. The molecule has 0 bridgehead atoms. The minimum absolute atomic E-state index is 0.0241. The smallest absolute Gasteiger partial charge is 0.193 e. The lowest BCUT2D eigenvalue weighted by atomic mass is 10.1. The Balaban J connectivity index is 1.75. The summed E-state index contributed by atoms with van der Waals surface area (Å²) in [7, 11) is 0. The van der Waals surface area contributed by atoms with E-state index in [9.17, 15) is 9.59 Å². The van der Waals surface area contributed by atoms with E-state index < -0.39 is 0 Å². The molecular formula is C28H21NO3. The zero-order chi connectivity index (χ0) is 22.2. The summed E-state index contributed by atoms with van der Waals surface area (Å²) in [6, 6.07) is 24.8. The van der Waals surface area contributed by atoms with Gasteiger partial charge in [-0.2, -0.15) is 0 Å². The van der Waals surface area contributed by atoms with Crippen molar-refractivity contribution >= 4 is 39.8 Å². The van der Waals surface area contributed by atoms with E-state index in [2.05, 4.69) is 0 Å². The van der Waals surface area contributed by atoms with E-state index in [0.717, 1.165) is 27.8 Å². The highest BCUT2D eigenvalue weighted by atomic mass is 16.3. The van der Waals surface area contributed by atoms with Gasteiger partial charge in [0.25, 0.3) is 0 Å². The Hall–Kier alpha value is -4.18. The summed E-state index contributed by atoms with van der Waals surface area (Å²) in [4.78, 5) is 25.5. The number of Topliss-reactive ketones (excluding diaryl/α,β-unsaturated/α-hetero) is 1. The molecule has 0 saturated heterocycles. The third kappa shape index (κ3) is 3.36. The number of carbonyl (C=O) groups is 1. The van der Waals surface area contributed by atoms with Crippen LogP contribution in [0.5, 0.6) is 0 Å². The van der Waals surface area contributed by atoms with Crippen LogP contribution in [0, 0.1) is 6.92 Å². The number of aromatic nitrogens is 1. The molecule has 0 aliphatic carbocycles.